The third-order valence-corrected chi connectivity index (χ3v) is 5.22. The molecule has 0 bridgehead atoms. The molecule has 0 saturated heterocycles. The second-order valence-electron chi connectivity index (χ2n) is 6.44. The lowest BCUT2D eigenvalue weighted by atomic mass is 9.92. The highest BCUT2D eigenvalue weighted by Crippen LogP contribution is 2.26. The Morgan fingerprint density at radius 1 is 1.00 bits per heavy atom. The molecule has 0 saturated carbocycles. The highest BCUT2D eigenvalue weighted by Gasteiger charge is 2.18. The molecule has 5 nitrogen and oxygen atoms in total. The maximum Gasteiger partial charge on any atom is 0.177 e. The van der Waals surface area contributed by atoms with Crippen LogP contribution in [0.15, 0.2) is 28.0 Å². The molecule has 0 radical (unpaired) electrons. The summed E-state index contributed by atoms with van der Waals surface area (Å²) in [7, 11) is -6.95. The van der Waals surface area contributed by atoms with Gasteiger partial charge in [-0.2, -0.15) is 0 Å². The fourth-order valence-corrected chi connectivity index (χ4v) is 3.36. The van der Waals surface area contributed by atoms with Crippen molar-refractivity contribution in [3.05, 3.63) is 18.2 Å². The van der Waals surface area contributed by atoms with E-state index in [1.165, 1.54) is 18.2 Å². The van der Waals surface area contributed by atoms with Crippen LogP contribution in [0.2, 0.25) is 0 Å². The number of nitrogens with one attached hydrogen (secondary N) is 1. The predicted octanol–water partition coefficient (Wildman–Crippen LogP) is 2.34. The van der Waals surface area contributed by atoms with E-state index in [1.807, 2.05) is 0 Å². The van der Waals surface area contributed by atoms with Crippen LogP contribution in [0.25, 0.3) is 0 Å². The Kier molecular flexibility index (Phi) is 5.10. The van der Waals surface area contributed by atoms with Crippen molar-refractivity contribution in [2.24, 2.45) is 5.41 Å². The summed E-state index contributed by atoms with van der Waals surface area (Å²) in [5.74, 6) is 0. The number of benzene rings is 1. The van der Waals surface area contributed by atoms with Gasteiger partial charge in [0.2, 0.25) is 0 Å². The second kappa shape index (κ2) is 5.96. The first kappa shape index (κ1) is 18.0. The van der Waals surface area contributed by atoms with E-state index in [-0.39, 0.29) is 15.2 Å². The first-order valence-corrected chi connectivity index (χ1v) is 10.4. The Balaban J connectivity index is 3.16. The van der Waals surface area contributed by atoms with Crippen LogP contribution in [-0.2, 0) is 19.7 Å². The third-order valence-electron chi connectivity index (χ3n) is 2.97. The van der Waals surface area contributed by atoms with Crippen molar-refractivity contribution in [3.63, 3.8) is 0 Å². The van der Waals surface area contributed by atoms with Crippen LogP contribution in [0.4, 0.5) is 5.69 Å². The molecule has 0 aliphatic carbocycles. The Bertz CT molecular complexity index is 714. The number of sulfone groups is 2. The van der Waals surface area contributed by atoms with E-state index in [0.717, 1.165) is 18.9 Å². The maximum atomic E-state index is 11.9. The van der Waals surface area contributed by atoms with Gasteiger partial charge in [0.25, 0.3) is 0 Å². The summed E-state index contributed by atoms with van der Waals surface area (Å²) in [5.41, 5.74) is 0.569. The quantitative estimate of drug-likeness (QED) is 0.894. The molecule has 0 aliphatic heterocycles. The van der Waals surface area contributed by atoms with E-state index in [1.54, 1.807) is 0 Å². The monoisotopic (exact) mass is 333 g/mol. The molecule has 120 valence electrons. The summed E-state index contributed by atoms with van der Waals surface area (Å²) in [6.07, 6.45) is 2.99. The number of anilines is 1. The fraction of sp³-hybridized carbons (Fsp3) is 0.571. The van der Waals surface area contributed by atoms with E-state index in [4.69, 9.17) is 0 Å². The van der Waals surface area contributed by atoms with Crippen molar-refractivity contribution < 1.29 is 16.8 Å². The first-order valence-electron chi connectivity index (χ1n) is 6.59. The minimum Gasteiger partial charge on any atom is -0.384 e. The van der Waals surface area contributed by atoms with Gasteiger partial charge in [-0.25, -0.2) is 16.8 Å². The molecule has 7 heteroatoms. The van der Waals surface area contributed by atoms with Crippen LogP contribution in [0, 0.1) is 5.41 Å². The number of rotatable bonds is 5. The summed E-state index contributed by atoms with van der Waals surface area (Å²) in [6, 6.07) is 4.14. The lowest BCUT2D eigenvalue weighted by Crippen LogP contribution is -2.14. The zero-order chi connectivity index (χ0) is 16.5. The molecule has 0 amide bonds. The maximum absolute atomic E-state index is 11.9. The molecule has 1 rings (SSSR count). The second-order valence-corrected chi connectivity index (χ2v) is 10.4. The van der Waals surface area contributed by atoms with Crippen LogP contribution < -0.4 is 5.32 Å². The molecule has 0 unspecified atom stereocenters. The molecule has 1 aromatic carbocycles. The largest absolute Gasteiger partial charge is 0.384 e. The lowest BCUT2D eigenvalue weighted by Gasteiger charge is -2.19. The molecule has 1 N–H and O–H groups in total. The minimum absolute atomic E-state index is 0.00398. The molecular formula is C14H23NO4S2. The number of hydrogen-bond acceptors (Lipinski definition) is 5. The van der Waals surface area contributed by atoms with Gasteiger partial charge in [0.1, 0.15) is 0 Å². The first-order chi connectivity index (χ1) is 9.31. The summed E-state index contributed by atoms with van der Waals surface area (Å²) < 4.78 is 46.8. The van der Waals surface area contributed by atoms with Gasteiger partial charge in [-0.15, -0.1) is 0 Å². The molecule has 0 spiro atoms. The highest BCUT2D eigenvalue weighted by atomic mass is 32.2. The Morgan fingerprint density at radius 3 is 2.00 bits per heavy atom. The van der Waals surface area contributed by atoms with Crippen LogP contribution in [0.5, 0.6) is 0 Å². The van der Waals surface area contributed by atoms with Crippen molar-refractivity contribution in [2.45, 2.75) is 37.0 Å². The zero-order valence-electron chi connectivity index (χ0n) is 13.1. The van der Waals surface area contributed by atoms with Gasteiger partial charge >= 0.3 is 0 Å². The Hall–Kier alpha value is -1.08. The average molecular weight is 333 g/mol. The summed E-state index contributed by atoms with van der Waals surface area (Å²) >= 11 is 0. The van der Waals surface area contributed by atoms with E-state index in [9.17, 15) is 16.8 Å². The smallest absolute Gasteiger partial charge is 0.177 e. The zero-order valence-corrected chi connectivity index (χ0v) is 14.7. The van der Waals surface area contributed by atoms with Crippen molar-refractivity contribution in [1.82, 2.24) is 0 Å². The van der Waals surface area contributed by atoms with Gasteiger partial charge in [-0.05, 0) is 30.0 Å². The van der Waals surface area contributed by atoms with E-state index in [0.29, 0.717) is 12.2 Å². The Morgan fingerprint density at radius 2 is 1.57 bits per heavy atom. The van der Waals surface area contributed by atoms with Gasteiger partial charge in [-0.1, -0.05) is 20.8 Å². The summed E-state index contributed by atoms with van der Waals surface area (Å²) in [5, 5.41) is 3.08. The van der Waals surface area contributed by atoms with Crippen molar-refractivity contribution in [3.8, 4) is 0 Å². The topological polar surface area (TPSA) is 80.3 Å². The Labute approximate surface area is 127 Å². The van der Waals surface area contributed by atoms with Crippen LogP contribution in [-0.4, -0.2) is 35.9 Å². The molecule has 21 heavy (non-hydrogen) atoms. The SMILES string of the molecule is CC(C)(C)CCNc1ccc(S(C)(=O)=O)cc1S(C)(=O)=O. The van der Waals surface area contributed by atoms with E-state index >= 15 is 0 Å². The molecule has 0 aromatic heterocycles. The van der Waals surface area contributed by atoms with Crippen LogP contribution in [0.3, 0.4) is 0 Å². The molecule has 0 fully saturated rings. The molecule has 0 atom stereocenters. The van der Waals surface area contributed by atoms with Gasteiger partial charge in [-0.3, -0.25) is 0 Å². The fourth-order valence-electron chi connectivity index (χ4n) is 1.76. The van der Waals surface area contributed by atoms with Crippen LogP contribution >= 0.6 is 0 Å². The van der Waals surface area contributed by atoms with Gasteiger partial charge < -0.3 is 5.32 Å². The third kappa shape index (κ3) is 5.67. The van der Waals surface area contributed by atoms with Crippen LogP contribution in [0.1, 0.15) is 27.2 Å². The van der Waals surface area contributed by atoms with Gasteiger partial charge in [0.05, 0.1) is 15.5 Å². The lowest BCUT2D eigenvalue weighted by molar-refractivity contribution is 0.389. The average Bonchev–Trinajstić information content (AvgIpc) is 2.24. The van der Waals surface area contributed by atoms with Crippen molar-refractivity contribution >= 4 is 25.4 Å². The minimum atomic E-state index is -3.51. The molecule has 0 heterocycles. The van der Waals surface area contributed by atoms with E-state index < -0.39 is 19.7 Å². The molecule has 1 aromatic rings. The summed E-state index contributed by atoms with van der Waals surface area (Å²) in [6.45, 7) is 6.90. The van der Waals surface area contributed by atoms with Gasteiger partial charge in [0, 0.05) is 19.1 Å². The van der Waals surface area contributed by atoms with E-state index in [2.05, 4.69) is 26.1 Å². The molecule has 0 aliphatic rings. The number of hydrogen-bond donors (Lipinski definition) is 1. The summed E-state index contributed by atoms with van der Waals surface area (Å²) in [4.78, 5) is 0.0173. The van der Waals surface area contributed by atoms with Crippen molar-refractivity contribution in [1.29, 1.82) is 0 Å². The normalized spacial score (nSPS) is 13.2. The van der Waals surface area contributed by atoms with Gasteiger partial charge in [0.15, 0.2) is 19.7 Å². The highest BCUT2D eigenvalue weighted by molar-refractivity contribution is 7.91. The standard InChI is InChI=1S/C14H23NO4S2/c1-14(2,3)8-9-15-12-7-6-11(20(4,16)17)10-13(12)21(5,18)19/h6-7,10,15H,8-9H2,1-5H3. The van der Waals surface area contributed by atoms with Crippen molar-refractivity contribution in [2.75, 3.05) is 24.4 Å². The molecular weight excluding hydrogens is 310 g/mol. The predicted molar refractivity (Wildman–Crippen MR) is 85.2 cm³/mol.